The molecule has 0 bridgehead atoms. The average Bonchev–Trinajstić information content (AvgIpc) is 3.59. The van der Waals surface area contributed by atoms with Crippen LogP contribution < -0.4 is 14.4 Å². The number of hydrogen-bond donors (Lipinski definition) is 1. The monoisotopic (exact) mass is 562 g/mol. The molecule has 5 rings (SSSR count). The third-order valence-corrected chi connectivity index (χ3v) is 8.05. The van der Waals surface area contributed by atoms with Gasteiger partial charge in [0, 0.05) is 12.0 Å². The first-order chi connectivity index (χ1) is 19.2. The van der Waals surface area contributed by atoms with Gasteiger partial charge in [-0.2, -0.15) is 0 Å². The Hall–Kier alpha value is -4.18. The molecule has 2 atom stereocenters. The molecule has 1 N–H and O–H groups in total. The summed E-state index contributed by atoms with van der Waals surface area (Å²) in [6.45, 7) is 6.18. The lowest BCUT2D eigenvalue weighted by atomic mass is 9.94. The summed E-state index contributed by atoms with van der Waals surface area (Å²) in [5, 5.41) is 11.7. The molecule has 0 radical (unpaired) electrons. The lowest BCUT2D eigenvalue weighted by Gasteiger charge is -2.23. The maximum atomic E-state index is 13.6. The number of aliphatic hydroxyl groups excluding tert-OH is 1. The van der Waals surface area contributed by atoms with E-state index in [0.29, 0.717) is 35.6 Å². The predicted octanol–water partition coefficient (Wildman–Crippen LogP) is 5.37. The number of unbranched alkanes of at least 4 members (excludes halogenated alkanes) is 1. The smallest absolute Gasteiger partial charge is 0.350 e. The van der Waals surface area contributed by atoms with Crippen molar-refractivity contribution in [2.24, 2.45) is 0 Å². The average molecular weight is 563 g/mol. The Morgan fingerprint density at radius 3 is 2.77 bits per heavy atom. The molecule has 9 nitrogen and oxygen atoms in total. The highest BCUT2D eigenvalue weighted by atomic mass is 32.1. The second-order valence-electron chi connectivity index (χ2n) is 9.80. The minimum atomic E-state index is -1.01. The number of carbonyl (C=O) groups is 3. The number of aromatic nitrogens is 1. The summed E-state index contributed by atoms with van der Waals surface area (Å²) in [5.41, 5.74) is 2.17. The SMILES string of the molecule is CCCCOc1cccc([C@@H]2C(=C(O)c3ccc4c(c3)C[C@H](C)O4)C(=O)C(=O)N2c2nc(C)c(C(=O)OC)s2)c1. The van der Waals surface area contributed by atoms with Crippen molar-refractivity contribution in [1.29, 1.82) is 0 Å². The number of fused-ring (bicyclic) bond motifs is 1. The van der Waals surface area contributed by atoms with Crippen molar-refractivity contribution in [1.82, 2.24) is 4.98 Å². The number of ketones is 1. The summed E-state index contributed by atoms with van der Waals surface area (Å²) in [7, 11) is 1.26. The van der Waals surface area contributed by atoms with Gasteiger partial charge in [0.05, 0.1) is 31.0 Å². The van der Waals surface area contributed by atoms with Crippen LogP contribution in [0.1, 0.15) is 64.8 Å². The van der Waals surface area contributed by atoms with Crippen molar-refractivity contribution in [2.45, 2.75) is 52.2 Å². The van der Waals surface area contributed by atoms with Crippen LogP contribution in [-0.4, -0.2) is 47.6 Å². The number of amides is 1. The highest BCUT2D eigenvalue weighted by Crippen LogP contribution is 2.45. The molecule has 0 unspecified atom stereocenters. The maximum absolute atomic E-state index is 13.6. The number of methoxy groups -OCH3 is 1. The third-order valence-electron chi connectivity index (χ3n) is 6.92. The van der Waals surface area contributed by atoms with Gasteiger partial charge < -0.3 is 19.3 Å². The van der Waals surface area contributed by atoms with Crippen molar-refractivity contribution in [2.75, 3.05) is 18.6 Å². The molecule has 40 heavy (non-hydrogen) atoms. The number of hydrogen-bond acceptors (Lipinski definition) is 9. The Bertz CT molecular complexity index is 1530. The van der Waals surface area contributed by atoms with Crippen LogP contribution in [0.3, 0.4) is 0 Å². The van der Waals surface area contributed by atoms with E-state index < -0.39 is 23.7 Å². The molecule has 0 aliphatic carbocycles. The second-order valence-corrected chi connectivity index (χ2v) is 10.8. The maximum Gasteiger partial charge on any atom is 0.350 e. The molecule has 1 amide bonds. The number of benzene rings is 2. The molecule has 1 saturated heterocycles. The zero-order valence-electron chi connectivity index (χ0n) is 22.7. The number of anilines is 1. The Balaban J connectivity index is 1.65. The minimum absolute atomic E-state index is 0.00516. The van der Waals surface area contributed by atoms with Gasteiger partial charge >= 0.3 is 11.9 Å². The summed E-state index contributed by atoms with van der Waals surface area (Å²) in [5.74, 6) is -1.29. The van der Waals surface area contributed by atoms with Crippen molar-refractivity contribution in [3.05, 3.63) is 75.3 Å². The largest absolute Gasteiger partial charge is 0.507 e. The molecule has 1 aromatic heterocycles. The molecule has 0 spiro atoms. The van der Waals surface area contributed by atoms with E-state index >= 15 is 0 Å². The van der Waals surface area contributed by atoms with Crippen LogP contribution in [0.5, 0.6) is 11.5 Å². The van der Waals surface area contributed by atoms with Gasteiger partial charge in [0.15, 0.2) is 5.13 Å². The Labute approximate surface area is 236 Å². The molecule has 3 aromatic rings. The van der Waals surface area contributed by atoms with Crippen molar-refractivity contribution < 1.29 is 33.7 Å². The van der Waals surface area contributed by atoms with Crippen LogP contribution in [-0.2, 0) is 20.7 Å². The first-order valence-corrected chi connectivity index (χ1v) is 13.9. The fourth-order valence-electron chi connectivity index (χ4n) is 4.95. The third kappa shape index (κ3) is 4.95. The van der Waals surface area contributed by atoms with E-state index in [0.717, 1.165) is 35.5 Å². The van der Waals surface area contributed by atoms with Gasteiger partial charge in [-0.25, -0.2) is 9.78 Å². The quantitative estimate of drug-likeness (QED) is 0.128. The zero-order chi connectivity index (χ0) is 28.6. The Morgan fingerprint density at radius 2 is 2.02 bits per heavy atom. The van der Waals surface area contributed by atoms with Crippen LogP contribution in [0, 0.1) is 6.92 Å². The molecular weight excluding hydrogens is 532 g/mol. The van der Waals surface area contributed by atoms with Gasteiger partial charge in [-0.05, 0) is 61.7 Å². The number of aryl methyl sites for hydroxylation is 1. The predicted molar refractivity (Wildman–Crippen MR) is 150 cm³/mol. The van der Waals surface area contributed by atoms with Gasteiger partial charge in [-0.3, -0.25) is 14.5 Å². The standard InChI is InChI=1S/C30H30N2O7S/c1-5-6-12-38-21-9-7-8-18(15-21)24-23(25(33)19-10-11-22-20(14-19)13-16(2)39-22)26(34)28(35)32(24)30-31-17(3)27(40-30)29(36)37-4/h7-11,14-16,24,33H,5-6,12-13H2,1-4H3/t16-,24+/m0/s1. The van der Waals surface area contributed by atoms with E-state index in [1.54, 1.807) is 49.4 Å². The van der Waals surface area contributed by atoms with E-state index in [2.05, 4.69) is 11.9 Å². The summed E-state index contributed by atoms with van der Waals surface area (Å²) >= 11 is 0.956. The van der Waals surface area contributed by atoms with E-state index in [1.165, 1.54) is 12.0 Å². The van der Waals surface area contributed by atoms with Crippen LogP contribution >= 0.6 is 11.3 Å². The molecule has 2 aliphatic heterocycles. The van der Waals surface area contributed by atoms with Crippen LogP contribution in [0.4, 0.5) is 5.13 Å². The summed E-state index contributed by atoms with van der Waals surface area (Å²) in [4.78, 5) is 45.3. The molecule has 2 aromatic carbocycles. The number of rotatable bonds is 8. The van der Waals surface area contributed by atoms with Crippen LogP contribution in [0.2, 0.25) is 0 Å². The van der Waals surface area contributed by atoms with Gasteiger partial charge in [0.25, 0.3) is 5.78 Å². The molecule has 2 aliphatic rings. The highest BCUT2D eigenvalue weighted by molar-refractivity contribution is 7.17. The van der Waals surface area contributed by atoms with Crippen LogP contribution in [0.15, 0.2) is 48.0 Å². The van der Waals surface area contributed by atoms with E-state index in [1.807, 2.05) is 6.92 Å². The number of aliphatic hydroxyl groups is 1. The number of carbonyl (C=O) groups excluding carboxylic acids is 3. The number of ether oxygens (including phenoxy) is 3. The van der Waals surface area contributed by atoms with Crippen LogP contribution in [0.25, 0.3) is 5.76 Å². The van der Waals surface area contributed by atoms with Crippen molar-refractivity contribution >= 4 is 39.9 Å². The minimum Gasteiger partial charge on any atom is -0.507 e. The summed E-state index contributed by atoms with van der Waals surface area (Å²) in [6, 6.07) is 11.3. The number of Topliss-reactive ketones (excluding diaryl/α,β-unsaturated/α-hetero) is 1. The Morgan fingerprint density at radius 1 is 1.23 bits per heavy atom. The van der Waals surface area contributed by atoms with Gasteiger partial charge in [-0.15, -0.1) is 0 Å². The molecule has 208 valence electrons. The topological polar surface area (TPSA) is 115 Å². The van der Waals surface area contributed by atoms with Crippen molar-refractivity contribution in [3.8, 4) is 11.5 Å². The fourth-order valence-corrected chi connectivity index (χ4v) is 5.96. The summed E-state index contributed by atoms with van der Waals surface area (Å²) in [6.07, 6.45) is 2.51. The summed E-state index contributed by atoms with van der Waals surface area (Å²) < 4.78 is 16.5. The van der Waals surface area contributed by atoms with E-state index in [4.69, 9.17) is 14.2 Å². The number of esters is 1. The highest BCUT2D eigenvalue weighted by Gasteiger charge is 2.48. The molecule has 1 fully saturated rings. The second kappa shape index (κ2) is 11.1. The molecule has 10 heteroatoms. The van der Waals surface area contributed by atoms with Gasteiger partial charge in [0.1, 0.15) is 28.2 Å². The lowest BCUT2D eigenvalue weighted by Crippen LogP contribution is -2.29. The first-order valence-electron chi connectivity index (χ1n) is 13.1. The zero-order valence-corrected chi connectivity index (χ0v) is 23.5. The molecule has 0 saturated carbocycles. The van der Waals surface area contributed by atoms with E-state index in [9.17, 15) is 19.5 Å². The Kier molecular flexibility index (Phi) is 7.62. The normalized spacial score (nSPS) is 19.4. The first kappa shape index (κ1) is 27.4. The number of thiazole rings is 1. The molecule has 3 heterocycles. The lowest BCUT2D eigenvalue weighted by molar-refractivity contribution is -0.132. The van der Waals surface area contributed by atoms with Gasteiger partial charge in [-0.1, -0.05) is 36.8 Å². The fraction of sp³-hybridized carbons (Fsp3) is 0.333. The molecular formula is C30H30N2O7S. The van der Waals surface area contributed by atoms with E-state index in [-0.39, 0.29) is 27.4 Å². The number of nitrogens with zero attached hydrogens (tertiary/aromatic N) is 2. The van der Waals surface area contributed by atoms with Crippen molar-refractivity contribution in [3.63, 3.8) is 0 Å². The van der Waals surface area contributed by atoms with Gasteiger partial charge in [0.2, 0.25) is 0 Å².